The van der Waals surface area contributed by atoms with Gasteiger partial charge in [-0.2, -0.15) is 13.2 Å². The van der Waals surface area contributed by atoms with Gasteiger partial charge in [-0.05, 0) is 11.6 Å². The lowest BCUT2D eigenvalue weighted by Crippen LogP contribution is -2.36. The summed E-state index contributed by atoms with van der Waals surface area (Å²) in [5.74, 6) is -1.08. The summed E-state index contributed by atoms with van der Waals surface area (Å²) >= 11 is 0. The van der Waals surface area contributed by atoms with Gasteiger partial charge in [0, 0.05) is 35.9 Å². The zero-order chi connectivity index (χ0) is 14.8. The average Bonchev–Trinajstić information content (AvgIpc) is 2.78. The van der Waals surface area contributed by atoms with E-state index in [0.29, 0.717) is 5.56 Å². The van der Waals surface area contributed by atoms with Crippen molar-refractivity contribution in [1.29, 1.82) is 0 Å². The minimum atomic E-state index is -4.56. The van der Waals surface area contributed by atoms with Gasteiger partial charge < -0.3 is 15.5 Å². The zero-order valence-corrected chi connectivity index (χ0v) is 12.7. The minimum Gasteiger partial charge on any atom is -0.455 e. The van der Waals surface area contributed by atoms with E-state index in [1.165, 1.54) is 0 Å². The van der Waals surface area contributed by atoms with E-state index in [0.717, 1.165) is 10.9 Å². The number of fused-ring (bicyclic) bond motifs is 1. The van der Waals surface area contributed by atoms with Gasteiger partial charge in [0.25, 0.3) is 0 Å². The number of alkyl halides is 3. The second-order valence-electron chi connectivity index (χ2n) is 4.27. The van der Waals surface area contributed by atoms with Crippen molar-refractivity contribution in [3.05, 3.63) is 30.2 Å². The molecule has 2 aromatic rings. The first-order valence-corrected chi connectivity index (χ1v) is 5.76. The van der Waals surface area contributed by atoms with Crippen LogP contribution in [0.15, 0.2) is 24.7 Å². The Kier molecular flexibility index (Phi) is 7.65. The lowest BCUT2D eigenvalue weighted by Gasteiger charge is -2.12. The number of H-pyrrole nitrogens is 1. The molecule has 0 radical (unpaired) electrons. The fraction of sp³-hybridized carbons (Fsp3) is 0.333. The Morgan fingerprint density at radius 3 is 2.73 bits per heavy atom. The number of nitrogens with zero attached hydrogens (tertiary/aromatic N) is 1. The fourth-order valence-electron chi connectivity index (χ4n) is 1.77. The summed E-state index contributed by atoms with van der Waals surface area (Å²) in [5, 5.41) is 0.770. The molecule has 10 heteroatoms. The second kappa shape index (κ2) is 8.21. The molecule has 2 rings (SSSR count). The van der Waals surface area contributed by atoms with Gasteiger partial charge in [-0.1, -0.05) is 0 Å². The molecule has 22 heavy (non-hydrogen) atoms. The molecule has 0 aliphatic rings. The molecule has 124 valence electrons. The molecule has 0 amide bonds. The Morgan fingerprint density at radius 2 is 2.09 bits per heavy atom. The molecule has 0 unspecified atom stereocenters. The van der Waals surface area contributed by atoms with E-state index >= 15 is 0 Å². The highest BCUT2D eigenvalue weighted by Gasteiger charge is 2.30. The quantitative estimate of drug-likeness (QED) is 0.821. The van der Waals surface area contributed by atoms with E-state index in [-0.39, 0.29) is 31.2 Å². The van der Waals surface area contributed by atoms with Crippen LogP contribution in [0.3, 0.4) is 0 Å². The number of pyridine rings is 1. The molecule has 0 spiro atoms. The van der Waals surface area contributed by atoms with Crippen LogP contribution in [-0.2, 0) is 16.0 Å². The van der Waals surface area contributed by atoms with E-state index in [9.17, 15) is 18.0 Å². The second-order valence-corrected chi connectivity index (χ2v) is 4.27. The average molecular weight is 360 g/mol. The number of aromatic nitrogens is 2. The van der Waals surface area contributed by atoms with E-state index in [1.807, 2.05) is 0 Å². The van der Waals surface area contributed by atoms with Crippen LogP contribution in [0, 0.1) is 0 Å². The molecule has 0 saturated carbocycles. The van der Waals surface area contributed by atoms with Gasteiger partial charge in [0.15, 0.2) is 6.61 Å². The van der Waals surface area contributed by atoms with E-state index in [1.54, 1.807) is 24.7 Å². The van der Waals surface area contributed by atoms with Crippen molar-refractivity contribution in [3.63, 3.8) is 0 Å². The third-order valence-electron chi connectivity index (χ3n) is 2.69. The van der Waals surface area contributed by atoms with Crippen molar-refractivity contribution in [2.45, 2.75) is 18.6 Å². The first-order chi connectivity index (χ1) is 9.37. The Balaban J connectivity index is 0.00000220. The van der Waals surface area contributed by atoms with Crippen LogP contribution in [-0.4, -0.2) is 34.8 Å². The molecule has 0 bridgehead atoms. The minimum absolute atomic E-state index is 0. The summed E-state index contributed by atoms with van der Waals surface area (Å²) in [7, 11) is 0. The topological polar surface area (TPSA) is 81.0 Å². The molecule has 0 aliphatic heterocycles. The highest BCUT2D eigenvalue weighted by Crippen LogP contribution is 2.18. The first kappa shape index (κ1) is 20.5. The third-order valence-corrected chi connectivity index (χ3v) is 2.69. The van der Waals surface area contributed by atoms with Crippen LogP contribution < -0.4 is 5.73 Å². The summed E-state index contributed by atoms with van der Waals surface area (Å²) in [6.45, 7) is -1.63. The highest BCUT2D eigenvalue weighted by molar-refractivity contribution is 5.85. The molecule has 0 aliphatic carbocycles. The lowest BCUT2D eigenvalue weighted by atomic mass is 10.1. The summed E-state index contributed by atoms with van der Waals surface area (Å²) < 4.78 is 39.9. The number of aromatic amines is 1. The predicted octanol–water partition coefficient (Wildman–Crippen LogP) is 2.38. The van der Waals surface area contributed by atoms with Gasteiger partial charge in [-0.3, -0.25) is 9.78 Å². The van der Waals surface area contributed by atoms with Crippen LogP contribution in [0.1, 0.15) is 5.56 Å². The van der Waals surface area contributed by atoms with E-state index in [2.05, 4.69) is 14.7 Å². The highest BCUT2D eigenvalue weighted by atomic mass is 35.5. The van der Waals surface area contributed by atoms with E-state index < -0.39 is 24.8 Å². The number of rotatable bonds is 4. The van der Waals surface area contributed by atoms with Crippen LogP contribution in [0.5, 0.6) is 0 Å². The van der Waals surface area contributed by atoms with Crippen molar-refractivity contribution in [2.75, 3.05) is 6.61 Å². The number of halogens is 5. The van der Waals surface area contributed by atoms with Gasteiger partial charge in [-0.25, -0.2) is 0 Å². The Bertz CT molecular complexity index is 619. The molecule has 0 fully saturated rings. The Morgan fingerprint density at radius 1 is 1.41 bits per heavy atom. The maximum absolute atomic E-state index is 11.9. The Hall–Kier alpha value is -1.51. The summed E-state index contributed by atoms with van der Waals surface area (Å²) in [4.78, 5) is 18.3. The number of esters is 1. The van der Waals surface area contributed by atoms with Crippen molar-refractivity contribution < 1.29 is 22.7 Å². The van der Waals surface area contributed by atoms with Gasteiger partial charge in [0.1, 0.15) is 6.04 Å². The number of hydrogen-bond acceptors (Lipinski definition) is 4. The Labute approximate surface area is 136 Å². The smallest absolute Gasteiger partial charge is 0.422 e. The third kappa shape index (κ3) is 5.36. The summed E-state index contributed by atoms with van der Waals surface area (Å²) in [6.07, 6.45) is 0.348. The first-order valence-electron chi connectivity index (χ1n) is 5.76. The molecule has 0 saturated heterocycles. The molecular formula is C12H14Cl2F3N3O2. The zero-order valence-electron chi connectivity index (χ0n) is 11.1. The van der Waals surface area contributed by atoms with Gasteiger partial charge >= 0.3 is 12.1 Å². The SMILES string of the molecule is Cl.Cl.N[C@@H](Cc1c[nH]c2ccncc12)C(=O)OCC(F)(F)F. The maximum Gasteiger partial charge on any atom is 0.422 e. The van der Waals surface area contributed by atoms with Crippen molar-refractivity contribution in [2.24, 2.45) is 5.73 Å². The summed E-state index contributed by atoms with van der Waals surface area (Å²) in [5.41, 5.74) is 7.06. The number of hydrogen-bond donors (Lipinski definition) is 2. The molecule has 5 nitrogen and oxygen atoms in total. The standard InChI is InChI=1S/C12H12F3N3O2.2ClH/c13-12(14,15)6-20-11(19)9(16)3-7-4-18-10-1-2-17-5-8(7)10;;/h1-2,4-5,9,18H,3,6,16H2;2*1H/t9-;;/m0../s1. The number of carbonyl (C=O) groups excluding carboxylic acids is 1. The normalized spacial score (nSPS) is 12.2. The van der Waals surface area contributed by atoms with Gasteiger partial charge in [0.2, 0.25) is 0 Å². The monoisotopic (exact) mass is 359 g/mol. The number of ether oxygens (including phenoxy) is 1. The number of nitrogens with two attached hydrogens (primary N) is 1. The summed E-state index contributed by atoms with van der Waals surface area (Å²) in [6, 6.07) is 0.586. The number of nitrogens with one attached hydrogen (secondary N) is 1. The van der Waals surface area contributed by atoms with Crippen molar-refractivity contribution in [1.82, 2.24) is 9.97 Å². The molecule has 2 heterocycles. The molecule has 1 atom stereocenters. The molecular weight excluding hydrogens is 346 g/mol. The largest absolute Gasteiger partial charge is 0.455 e. The fourth-order valence-corrected chi connectivity index (χ4v) is 1.77. The number of carbonyl (C=O) groups is 1. The molecule has 2 aromatic heterocycles. The van der Waals surface area contributed by atoms with Crippen LogP contribution in [0.25, 0.3) is 10.9 Å². The van der Waals surface area contributed by atoms with Crippen molar-refractivity contribution >= 4 is 41.7 Å². The van der Waals surface area contributed by atoms with Crippen LogP contribution >= 0.6 is 24.8 Å². The predicted molar refractivity (Wildman–Crippen MR) is 79.3 cm³/mol. The van der Waals surface area contributed by atoms with Gasteiger partial charge in [0.05, 0.1) is 0 Å². The molecule has 0 aromatic carbocycles. The maximum atomic E-state index is 11.9. The molecule has 3 N–H and O–H groups in total. The van der Waals surface area contributed by atoms with Gasteiger partial charge in [-0.15, -0.1) is 24.8 Å². The van der Waals surface area contributed by atoms with Crippen LogP contribution in [0.2, 0.25) is 0 Å². The van der Waals surface area contributed by atoms with Crippen molar-refractivity contribution in [3.8, 4) is 0 Å². The van der Waals surface area contributed by atoms with E-state index in [4.69, 9.17) is 5.73 Å². The van der Waals surface area contributed by atoms with Crippen LogP contribution in [0.4, 0.5) is 13.2 Å². The lowest BCUT2D eigenvalue weighted by molar-refractivity contribution is -0.187.